The van der Waals surface area contributed by atoms with Gasteiger partial charge in [0.2, 0.25) is 0 Å². The second-order valence-corrected chi connectivity index (χ2v) is 5.98. The normalized spacial score (nSPS) is 14.2. The van der Waals surface area contributed by atoms with Crippen molar-refractivity contribution >= 4 is 0 Å². The fourth-order valence-corrected chi connectivity index (χ4v) is 2.59. The average Bonchev–Trinajstić information content (AvgIpc) is 2.52. The molecule has 0 amide bonds. The van der Waals surface area contributed by atoms with Crippen molar-refractivity contribution in [1.29, 1.82) is 0 Å². The summed E-state index contributed by atoms with van der Waals surface area (Å²) in [4.78, 5) is 0. The van der Waals surface area contributed by atoms with E-state index in [-0.39, 0.29) is 5.92 Å². The van der Waals surface area contributed by atoms with Gasteiger partial charge in [-0.15, -0.1) is 0 Å². The first kappa shape index (κ1) is 18.0. The topological polar surface area (TPSA) is 55.5 Å². The summed E-state index contributed by atoms with van der Waals surface area (Å²) in [6, 6.07) is 7.76. The summed E-state index contributed by atoms with van der Waals surface area (Å²) in [6.07, 6.45) is 4.28. The zero-order valence-electron chi connectivity index (χ0n) is 13.7. The third-order valence-corrected chi connectivity index (χ3v) is 3.99. The summed E-state index contributed by atoms with van der Waals surface area (Å²) in [7, 11) is 0. The molecule has 0 bridgehead atoms. The molecule has 0 aliphatic heterocycles. The Morgan fingerprint density at radius 1 is 1.19 bits per heavy atom. The summed E-state index contributed by atoms with van der Waals surface area (Å²) >= 11 is 0. The third-order valence-electron chi connectivity index (χ3n) is 3.99. The molecule has 3 nitrogen and oxygen atoms in total. The molecule has 0 saturated heterocycles. The van der Waals surface area contributed by atoms with Crippen molar-refractivity contribution in [3.63, 3.8) is 0 Å². The molecular formula is C18H31NO2. The first-order valence-corrected chi connectivity index (χ1v) is 8.23. The maximum absolute atomic E-state index is 10.2. The third kappa shape index (κ3) is 6.06. The summed E-state index contributed by atoms with van der Waals surface area (Å²) in [5, 5.41) is 10.2. The van der Waals surface area contributed by atoms with Crippen molar-refractivity contribution in [2.45, 2.75) is 52.6 Å². The summed E-state index contributed by atoms with van der Waals surface area (Å²) in [5.41, 5.74) is 6.50. The van der Waals surface area contributed by atoms with Gasteiger partial charge in [-0.1, -0.05) is 45.7 Å². The van der Waals surface area contributed by atoms with Crippen LogP contribution in [-0.4, -0.2) is 18.3 Å². The van der Waals surface area contributed by atoms with E-state index in [4.69, 9.17) is 10.5 Å². The molecule has 2 unspecified atom stereocenters. The zero-order valence-corrected chi connectivity index (χ0v) is 13.7. The molecule has 0 aliphatic rings. The van der Waals surface area contributed by atoms with E-state index in [0.29, 0.717) is 12.5 Å². The van der Waals surface area contributed by atoms with E-state index in [2.05, 4.69) is 13.8 Å². The van der Waals surface area contributed by atoms with Crippen LogP contribution in [0, 0.1) is 11.8 Å². The molecule has 0 fully saturated rings. The van der Waals surface area contributed by atoms with E-state index in [9.17, 15) is 5.11 Å². The number of benzene rings is 1. The van der Waals surface area contributed by atoms with E-state index in [1.165, 1.54) is 25.7 Å². The minimum atomic E-state index is -0.527. The molecule has 0 heterocycles. The van der Waals surface area contributed by atoms with Gasteiger partial charge in [-0.05, 0) is 48.9 Å². The largest absolute Gasteiger partial charge is 0.493 e. The molecule has 0 radical (unpaired) electrons. The summed E-state index contributed by atoms with van der Waals surface area (Å²) in [5.74, 6) is 1.51. The van der Waals surface area contributed by atoms with Crippen molar-refractivity contribution in [2.75, 3.05) is 13.2 Å². The van der Waals surface area contributed by atoms with E-state index < -0.39 is 6.10 Å². The number of rotatable bonds is 10. The smallest absolute Gasteiger partial charge is 0.119 e. The number of ether oxygens (including phenoxy) is 1. The Kier molecular flexibility index (Phi) is 8.40. The Morgan fingerprint density at radius 3 is 2.43 bits per heavy atom. The van der Waals surface area contributed by atoms with Gasteiger partial charge < -0.3 is 15.6 Å². The first-order valence-electron chi connectivity index (χ1n) is 8.23. The Balaban J connectivity index is 2.63. The fourth-order valence-electron chi connectivity index (χ4n) is 2.59. The molecule has 0 saturated carbocycles. The van der Waals surface area contributed by atoms with E-state index >= 15 is 0 Å². The van der Waals surface area contributed by atoms with Gasteiger partial charge in [0, 0.05) is 0 Å². The number of aliphatic hydroxyl groups excluding tert-OH is 1. The first-order chi connectivity index (χ1) is 10.1. The van der Waals surface area contributed by atoms with Crippen molar-refractivity contribution in [3.05, 3.63) is 29.8 Å². The van der Waals surface area contributed by atoms with Crippen LogP contribution in [0.25, 0.3) is 0 Å². The quantitative estimate of drug-likeness (QED) is 0.687. The van der Waals surface area contributed by atoms with Crippen molar-refractivity contribution < 1.29 is 9.84 Å². The maximum atomic E-state index is 10.2. The highest BCUT2D eigenvalue weighted by molar-refractivity contribution is 5.30. The average molecular weight is 293 g/mol. The van der Waals surface area contributed by atoms with Crippen LogP contribution in [0.15, 0.2) is 24.3 Å². The lowest BCUT2D eigenvalue weighted by atomic mass is 9.97. The molecule has 1 rings (SSSR count). The highest BCUT2D eigenvalue weighted by atomic mass is 16.5. The minimum absolute atomic E-state index is 0.0492. The van der Waals surface area contributed by atoms with Gasteiger partial charge in [-0.3, -0.25) is 0 Å². The molecule has 2 atom stereocenters. The lowest BCUT2D eigenvalue weighted by Gasteiger charge is -2.19. The number of hydrogen-bond acceptors (Lipinski definition) is 3. The Bertz CT molecular complexity index is 389. The van der Waals surface area contributed by atoms with Gasteiger partial charge in [0.1, 0.15) is 5.75 Å². The van der Waals surface area contributed by atoms with E-state index in [0.717, 1.165) is 17.9 Å². The number of nitrogens with two attached hydrogens (primary N) is 1. The predicted octanol–water partition coefficient (Wildman–Crippen LogP) is 3.91. The van der Waals surface area contributed by atoms with Crippen LogP contribution in [-0.2, 0) is 0 Å². The molecule has 21 heavy (non-hydrogen) atoms. The predicted molar refractivity (Wildman–Crippen MR) is 88.4 cm³/mol. The molecule has 0 aliphatic carbocycles. The van der Waals surface area contributed by atoms with Crippen LogP contribution in [0.4, 0.5) is 0 Å². The van der Waals surface area contributed by atoms with Crippen molar-refractivity contribution in [2.24, 2.45) is 17.6 Å². The van der Waals surface area contributed by atoms with Gasteiger partial charge in [0.15, 0.2) is 0 Å². The van der Waals surface area contributed by atoms with Crippen LogP contribution in [0.5, 0.6) is 5.75 Å². The van der Waals surface area contributed by atoms with Gasteiger partial charge >= 0.3 is 0 Å². The molecule has 3 heteroatoms. The molecule has 1 aromatic rings. The maximum Gasteiger partial charge on any atom is 0.119 e. The van der Waals surface area contributed by atoms with Crippen LogP contribution in [0.2, 0.25) is 0 Å². The molecule has 0 aromatic heterocycles. The summed E-state index contributed by atoms with van der Waals surface area (Å²) in [6.45, 7) is 7.62. The minimum Gasteiger partial charge on any atom is -0.493 e. The van der Waals surface area contributed by atoms with Crippen LogP contribution in [0.1, 0.15) is 58.1 Å². The van der Waals surface area contributed by atoms with Crippen LogP contribution >= 0.6 is 0 Å². The highest BCUT2D eigenvalue weighted by Crippen LogP contribution is 2.25. The lowest BCUT2D eigenvalue weighted by molar-refractivity contribution is 0.121. The molecule has 3 N–H and O–H groups in total. The SMILES string of the molecule is CCCC(CCC)COc1cccc(C(O)C(C)CN)c1. The molecule has 120 valence electrons. The van der Waals surface area contributed by atoms with E-state index in [1.807, 2.05) is 31.2 Å². The molecule has 1 aromatic carbocycles. The highest BCUT2D eigenvalue weighted by Gasteiger charge is 2.15. The second-order valence-electron chi connectivity index (χ2n) is 5.98. The van der Waals surface area contributed by atoms with Crippen molar-refractivity contribution in [3.8, 4) is 5.75 Å². The monoisotopic (exact) mass is 293 g/mol. The standard InChI is InChI=1S/C18H31NO2/c1-4-7-15(8-5-2)13-21-17-10-6-9-16(11-17)18(20)14(3)12-19/h6,9-11,14-15,18,20H,4-5,7-8,12-13,19H2,1-3H3. The molecule has 0 spiro atoms. The van der Waals surface area contributed by atoms with Crippen LogP contribution in [0.3, 0.4) is 0 Å². The second kappa shape index (κ2) is 9.80. The van der Waals surface area contributed by atoms with Gasteiger partial charge in [0.05, 0.1) is 12.7 Å². The number of aliphatic hydroxyl groups is 1. The lowest BCUT2D eigenvalue weighted by Crippen LogP contribution is -2.19. The zero-order chi connectivity index (χ0) is 15.7. The van der Waals surface area contributed by atoms with Gasteiger partial charge in [-0.2, -0.15) is 0 Å². The fraction of sp³-hybridized carbons (Fsp3) is 0.667. The Morgan fingerprint density at radius 2 is 1.86 bits per heavy atom. The van der Waals surface area contributed by atoms with Crippen molar-refractivity contribution in [1.82, 2.24) is 0 Å². The van der Waals surface area contributed by atoms with Gasteiger partial charge in [0.25, 0.3) is 0 Å². The number of hydrogen-bond donors (Lipinski definition) is 2. The Hall–Kier alpha value is -1.06. The summed E-state index contributed by atoms with van der Waals surface area (Å²) < 4.78 is 5.94. The van der Waals surface area contributed by atoms with Crippen LogP contribution < -0.4 is 10.5 Å². The molecular weight excluding hydrogens is 262 g/mol. The Labute approximate surface area is 129 Å². The van der Waals surface area contributed by atoms with Gasteiger partial charge in [-0.25, -0.2) is 0 Å². The van der Waals surface area contributed by atoms with E-state index in [1.54, 1.807) is 0 Å².